The van der Waals surface area contributed by atoms with Gasteiger partial charge in [0.2, 0.25) is 5.43 Å². The Balaban J connectivity index is 2.37. The number of aromatic carboxylic acids is 1. The molecule has 86 valence electrons. The lowest BCUT2D eigenvalue weighted by molar-refractivity contribution is 0.0695. The SMILES string of the molecule is O=C(O)c1c[nH]c2cc3c(cc2c1=O)OCC3. The summed E-state index contributed by atoms with van der Waals surface area (Å²) < 4.78 is 5.36. The number of aromatic nitrogens is 1. The summed E-state index contributed by atoms with van der Waals surface area (Å²) in [5.41, 5.74) is 0.945. The Bertz CT molecular complexity index is 687. The molecule has 0 radical (unpaired) electrons. The Morgan fingerprint density at radius 2 is 2.24 bits per heavy atom. The summed E-state index contributed by atoms with van der Waals surface area (Å²) in [6, 6.07) is 3.45. The van der Waals surface area contributed by atoms with Crippen molar-refractivity contribution in [2.24, 2.45) is 0 Å². The second kappa shape index (κ2) is 3.35. The molecular weight excluding hydrogens is 222 g/mol. The van der Waals surface area contributed by atoms with E-state index in [9.17, 15) is 9.59 Å². The fraction of sp³-hybridized carbons (Fsp3) is 0.167. The maximum absolute atomic E-state index is 11.9. The Hall–Kier alpha value is -2.30. The number of hydrogen-bond donors (Lipinski definition) is 2. The van der Waals surface area contributed by atoms with Crippen LogP contribution in [0.3, 0.4) is 0 Å². The highest BCUT2D eigenvalue weighted by atomic mass is 16.5. The minimum absolute atomic E-state index is 0.254. The van der Waals surface area contributed by atoms with E-state index in [-0.39, 0.29) is 5.56 Å². The quantitative estimate of drug-likeness (QED) is 0.771. The fourth-order valence-electron chi connectivity index (χ4n) is 2.05. The van der Waals surface area contributed by atoms with E-state index in [0.717, 1.165) is 12.0 Å². The van der Waals surface area contributed by atoms with Gasteiger partial charge in [-0.1, -0.05) is 0 Å². The Kier molecular flexibility index (Phi) is 1.95. The van der Waals surface area contributed by atoms with Gasteiger partial charge in [0.25, 0.3) is 0 Å². The highest BCUT2D eigenvalue weighted by molar-refractivity contribution is 5.92. The maximum Gasteiger partial charge on any atom is 0.341 e. The smallest absolute Gasteiger partial charge is 0.341 e. The zero-order valence-electron chi connectivity index (χ0n) is 8.82. The van der Waals surface area contributed by atoms with Crippen molar-refractivity contribution in [1.29, 1.82) is 0 Å². The van der Waals surface area contributed by atoms with Crippen LogP contribution in [0.2, 0.25) is 0 Å². The first-order valence-corrected chi connectivity index (χ1v) is 5.21. The van der Waals surface area contributed by atoms with E-state index >= 15 is 0 Å². The molecule has 1 aliphatic heterocycles. The third kappa shape index (κ3) is 1.39. The van der Waals surface area contributed by atoms with Gasteiger partial charge in [0, 0.05) is 18.1 Å². The number of pyridine rings is 1. The number of nitrogens with one attached hydrogen (secondary N) is 1. The largest absolute Gasteiger partial charge is 0.493 e. The van der Waals surface area contributed by atoms with Crippen molar-refractivity contribution in [3.8, 4) is 5.75 Å². The van der Waals surface area contributed by atoms with E-state index in [1.54, 1.807) is 6.07 Å². The molecule has 1 aliphatic rings. The van der Waals surface area contributed by atoms with Crippen molar-refractivity contribution in [1.82, 2.24) is 4.98 Å². The Morgan fingerprint density at radius 1 is 1.41 bits per heavy atom. The number of hydrogen-bond acceptors (Lipinski definition) is 3. The molecule has 1 aromatic heterocycles. The van der Waals surface area contributed by atoms with Gasteiger partial charge < -0.3 is 14.8 Å². The lowest BCUT2D eigenvalue weighted by atomic mass is 10.1. The molecule has 0 saturated heterocycles. The van der Waals surface area contributed by atoms with Crippen molar-refractivity contribution in [2.75, 3.05) is 6.61 Å². The molecule has 5 heteroatoms. The molecule has 2 N–H and O–H groups in total. The third-order valence-corrected chi connectivity index (χ3v) is 2.92. The van der Waals surface area contributed by atoms with Gasteiger partial charge in [-0.25, -0.2) is 4.79 Å². The minimum atomic E-state index is -1.23. The minimum Gasteiger partial charge on any atom is -0.493 e. The summed E-state index contributed by atoms with van der Waals surface area (Å²) in [7, 11) is 0. The second-order valence-electron chi connectivity index (χ2n) is 3.94. The Labute approximate surface area is 95.7 Å². The van der Waals surface area contributed by atoms with Gasteiger partial charge in [-0.2, -0.15) is 0 Å². The lowest BCUT2D eigenvalue weighted by Crippen LogP contribution is -2.15. The molecule has 17 heavy (non-hydrogen) atoms. The summed E-state index contributed by atoms with van der Waals surface area (Å²) in [4.78, 5) is 25.6. The molecule has 1 aromatic carbocycles. The van der Waals surface area contributed by atoms with Crippen LogP contribution < -0.4 is 10.2 Å². The fourth-order valence-corrected chi connectivity index (χ4v) is 2.05. The number of aromatic amines is 1. The highest BCUT2D eigenvalue weighted by Crippen LogP contribution is 2.28. The number of carboxylic acids is 1. The molecular formula is C12H9NO4. The number of H-pyrrole nitrogens is 1. The summed E-state index contributed by atoms with van der Waals surface area (Å²) in [5.74, 6) is -0.555. The molecule has 0 fully saturated rings. The first-order chi connectivity index (χ1) is 8.16. The van der Waals surface area contributed by atoms with E-state index < -0.39 is 11.4 Å². The van der Waals surface area contributed by atoms with Crippen LogP contribution in [0.1, 0.15) is 15.9 Å². The van der Waals surface area contributed by atoms with E-state index in [1.165, 1.54) is 6.20 Å². The van der Waals surface area contributed by atoms with Gasteiger partial charge in [0.15, 0.2) is 0 Å². The average Bonchev–Trinajstić information content (AvgIpc) is 2.73. The third-order valence-electron chi connectivity index (χ3n) is 2.92. The zero-order chi connectivity index (χ0) is 12.0. The van der Waals surface area contributed by atoms with Crippen LogP contribution in [-0.2, 0) is 6.42 Å². The molecule has 0 unspecified atom stereocenters. The molecule has 5 nitrogen and oxygen atoms in total. The predicted molar refractivity (Wildman–Crippen MR) is 60.7 cm³/mol. The van der Waals surface area contributed by atoms with Gasteiger partial charge in [-0.15, -0.1) is 0 Å². The van der Waals surface area contributed by atoms with Gasteiger partial charge in [-0.3, -0.25) is 4.79 Å². The van der Waals surface area contributed by atoms with Crippen LogP contribution in [0.5, 0.6) is 5.75 Å². The topological polar surface area (TPSA) is 79.4 Å². The first-order valence-electron chi connectivity index (χ1n) is 5.21. The zero-order valence-corrected chi connectivity index (χ0v) is 8.82. The summed E-state index contributed by atoms with van der Waals surface area (Å²) in [5, 5.41) is 9.22. The standard InChI is InChI=1S/C12H9NO4/c14-11-7-4-10-6(1-2-17-10)3-9(7)13-5-8(11)12(15)16/h3-5H,1-2H2,(H,13,14)(H,15,16). The number of carbonyl (C=O) groups is 1. The monoisotopic (exact) mass is 231 g/mol. The van der Waals surface area contributed by atoms with Crippen LogP contribution in [0.4, 0.5) is 0 Å². The molecule has 0 bridgehead atoms. The molecule has 2 aromatic rings. The summed E-state index contributed by atoms with van der Waals surface area (Å²) >= 11 is 0. The number of carboxylic acid groups (broad SMARTS) is 1. The lowest BCUT2D eigenvalue weighted by Gasteiger charge is -2.03. The second-order valence-corrected chi connectivity index (χ2v) is 3.94. The summed E-state index contributed by atoms with van der Waals surface area (Å²) in [6.45, 7) is 0.603. The van der Waals surface area contributed by atoms with Crippen LogP contribution in [0, 0.1) is 0 Å². The van der Waals surface area contributed by atoms with Crippen LogP contribution >= 0.6 is 0 Å². The molecule has 0 saturated carbocycles. The predicted octanol–water partition coefficient (Wildman–Crippen LogP) is 1.16. The van der Waals surface area contributed by atoms with E-state index in [4.69, 9.17) is 9.84 Å². The normalized spacial score (nSPS) is 13.4. The van der Waals surface area contributed by atoms with Crippen molar-refractivity contribution in [3.05, 3.63) is 39.7 Å². The van der Waals surface area contributed by atoms with Crippen molar-refractivity contribution in [3.63, 3.8) is 0 Å². The summed E-state index contributed by atoms with van der Waals surface area (Å²) in [6.07, 6.45) is 2.04. The molecule has 0 amide bonds. The van der Waals surface area contributed by atoms with Gasteiger partial charge in [0.05, 0.1) is 12.0 Å². The number of fused-ring (bicyclic) bond motifs is 2. The molecule has 0 atom stereocenters. The van der Waals surface area contributed by atoms with Crippen molar-refractivity contribution < 1.29 is 14.6 Å². The Morgan fingerprint density at radius 3 is 3.00 bits per heavy atom. The first kappa shape index (κ1) is 9.89. The number of ether oxygens (including phenoxy) is 1. The van der Waals surface area contributed by atoms with Crippen molar-refractivity contribution in [2.45, 2.75) is 6.42 Å². The molecule has 0 spiro atoms. The van der Waals surface area contributed by atoms with Crippen LogP contribution in [0.25, 0.3) is 10.9 Å². The molecule has 0 aliphatic carbocycles. The van der Waals surface area contributed by atoms with Crippen LogP contribution in [-0.4, -0.2) is 22.7 Å². The van der Waals surface area contributed by atoms with Gasteiger partial charge in [-0.05, 0) is 17.7 Å². The van der Waals surface area contributed by atoms with Gasteiger partial charge >= 0.3 is 5.97 Å². The van der Waals surface area contributed by atoms with Crippen LogP contribution in [0.15, 0.2) is 23.1 Å². The maximum atomic E-state index is 11.9. The van der Waals surface area contributed by atoms with Gasteiger partial charge in [0.1, 0.15) is 11.3 Å². The van der Waals surface area contributed by atoms with E-state index in [2.05, 4.69) is 4.98 Å². The number of benzene rings is 1. The van der Waals surface area contributed by atoms with Crippen molar-refractivity contribution >= 4 is 16.9 Å². The molecule has 3 rings (SSSR count). The van der Waals surface area contributed by atoms with E-state index in [1.807, 2.05) is 6.07 Å². The average molecular weight is 231 g/mol. The number of rotatable bonds is 1. The van der Waals surface area contributed by atoms with E-state index in [0.29, 0.717) is 23.3 Å². The highest BCUT2D eigenvalue weighted by Gasteiger charge is 2.17. The molecule has 2 heterocycles.